The third kappa shape index (κ3) is 5.18. The molecule has 1 N–H and O–H groups in total. The first-order valence-electron chi connectivity index (χ1n) is 9.30. The minimum Gasteiger partial charge on any atom is -0.485 e. The Balaban J connectivity index is 1.56. The van der Waals surface area contributed by atoms with Gasteiger partial charge in [-0.25, -0.2) is 4.98 Å². The van der Waals surface area contributed by atoms with E-state index in [1.807, 2.05) is 57.3 Å². The van der Waals surface area contributed by atoms with Gasteiger partial charge in [0.05, 0.1) is 13.2 Å². The molecule has 3 aromatic rings. The second kappa shape index (κ2) is 8.54. The summed E-state index contributed by atoms with van der Waals surface area (Å²) in [4.78, 5) is 4.59. The fourth-order valence-corrected chi connectivity index (χ4v) is 2.63. The molecule has 6 heteroatoms. The van der Waals surface area contributed by atoms with Crippen LogP contribution in [0.4, 0.5) is 0 Å². The monoisotopic (exact) mass is 381 g/mol. The first-order valence-corrected chi connectivity index (χ1v) is 9.30. The van der Waals surface area contributed by atoms with Crippen molar-refractivity contribution in [2.24, 2.45) is 7.05 Å². The van der Waals surface area contributed by atoms with E-state index in [0.29, 0.717) is 19.0 Å². The highest BCUT2D eigenvalue weighted by molar-refractivity contribution is 5.54. The molecule has 0 amide bonds. The molecule has 2 aromatic carbocycles. The fourth-order valence-electron chi connectivity index (χ4n) is 2.63. The molecule has 6 nitrogen and oxygen atoms in total. The lowest BCUT2D eigenvalue weighted by molar-refractivity contribution is 0.0411. The number of rotatable bonds is 8. The van der Waals surface area contributed by atoms with E-state index in [2.05, 4.69) is 29.1 Å². The van der Waals surface area contributed by atoms with Crippen molar-refractivity contribution in [3.63, 3.8) is 0 Å². The smallest absolute Gasteiger partial charge is 0.181 e. The van der Waals surface area contributed by atoms with Crippen LogP contribution in [0.15, 0.2) is 48.5 Å². The second-order valence-electron chi connectivity index (χ2n) is 7.50. The van der Waals surface area contributed by atoms with Crippen LogP contribution >= 0.6 is 0 Å². The summed E-state index contributed by atoms with van der Waals surface area (Å²) >= 11 is 0. The molecule has 1 heterocycles. The van der Waals surface area contributed by atoms with Gasteiger partial charge >= 0.3 is 0 Å². The molecule has 0 aliphatic rings. The molecule has 0 saturated heterocycles. The summed E-state index contributed by atoms with van der Waals surface area (Å²) in [6, 6.07) is 15.8. The summed E-state index contributed by atoms with van der Waals surface area (Å²) in [7, 11) is 1.87. The molecule has 0 spiro atoms. The largest absolute Gasteiger partial charge is 0.485 e. The number of aliphatic hydroxyl groups is 1. The van der Waals surface area contributed by atoms with Crippen molar-refractivity contribution in [1.29, 1.82) is 0 Å². The Morgan fingerprint density at radius 3 is 2.32 bits per heavy atom. The van der Waals surface area contributed by atoms with Gasteiger partial charge in [0, 0.05) is 12.6 Å². The molecule has 0 atom stereocenters. The normalized spacial score (nSPS) is 11.6. The maximum Gasteiger partial charge on any atom is 0.181 e. The predicted octanol–water partition coefficient (Wildman–Crippen LogP) is 3.66. The summed E-state index contributed by atoms with van der Waals surface area (Å²) in [5.74, 6) is 2.20. The van der Waals surface area contributed by atoms with E-state index >= 15 is 0 Å². The summed E-state index contributed by atoms with van der Waals surface area (Å²) in [5, 5.41) is 13.8. The summed E-state index contributed by atoms with van der Waals surface area (Å²) in [6.45, 7) is 6.55. The molecular weight excluding hydrogens is 354 g/mol. The van der Waals surface area contributed by atoms with Gasteiger partial charge in [-0.15, -0.1) is 0 Å². The SMILES string of the molecule is Cc1ccc(-c2nc(COCc3ccc(OC(C)(C)CO)cc3)n(C)n2)cc1. The Kier molecular flexibility index (Phi) is 6.11. The van der Waals surface area contributed by atoms with E-state index < -0.39 is 5.60 Å². The molecule has 28 heavy (non-hydrogen) atoms. The van der Waals surface area contributed by atoms with Gasteiger partial charge in [0.15, 0.2) is 11.6 Å². The Labute approximate surface area is 165 Å². The molecule has 0 fully saturated rings. The Hall–Kier alpha value is -2.70. The molecule has 1 aromatic heterocycles. The van der Waals surface area contributed by atoms with Crippen molar-refractivity contribution in [3.8, 4) is 17.1 Å². The van der Waals surface area contributed by atoms with Gasteiger partial charge < -0.3 is 14.6 Å². The predicted molar refractivity (Wildman–Crippen MR) is 108 cm³/mol. The van der Waals surface area contributed by atoms with Crippen molar-refractivity contribution in [1.82, 2.24) is 14.8 Å². The topological polar surface area (TPSA) is 69.4 Å². The Morgan fingerprint density at radius 2 is 1.68 bits per heavy atom. The van der Waals surface area contributed by atoms with Crippen LogP contribution in [0, 0.1) is 6.92 Å². The number of benzene rings is 2. The molecule has 0 radical (unpaired) electrons. The lowest BCUT2D eigenvalue weighted by Crippen LogP contribution is -2.32. The number of nitrogens with zero attached hydrogens (tertiary/aromatic N) is 3. The lowest BCUT2D eigenvalue weighted by atomic mass is 10.1. The van der Waals surface area contributed by atoms with Crippen molar-refractivity contribution < 1.29 is 14.6 Å². The van der Waals surface area contributed by atoms with Crippen LogP contribution in [-0.2, 0) is 25.0 Å². The van der Waals surface area contributed by atoms with E-state index in [9.17, 15) is 5.11 Å². The lowest BCUT2D eigenvalue weighted by Gasteiger charge is -2.23. The van der Waals surface area contributed by atoms with E-state index in [-0.39, 0.29) is 6.61 Å². The molecule has 148 valence electrons. The van der Waals surface area contributed by atoms with Crippen LogP contribution in [0.2, 0.25) is 0 Å². The van der Waals surface area contributed by atoms with Crippen molar-refractivity contribution in [2.45, 2.75) is 39.6 Å². The first-order chi connectivity index (χ1) is 13.4. The van der Waals surface area contributed by atoms with Gasteiger partial charge in [-0.05, 0) is 38.5 Å². The van der Waals surface area contributed by atoms with Gasteiger partial charge in [-0.3, -0.25) is 4.68 Å². The van der Waals surface area contributed by atoms with Crippen molar-refractivity contribution in [3.05, 3.63) is 65.5 Å². The molecule has 0 unspecified atom stereocenters. The molecule has 0 aliphatic heterocycles. The summed E-state index contributed by atoms with van der Waals surface area (Å²) in [5.41, 5.74) is 2.64. The number of aromatic nitrogens is 3. The Morgan fingerprint density at radius 1 is 1.00 bits per heavy atom. The zero-order valence-electron chi connectivity index (χ0n) is 16.8. The van der Waals surface area contributed by atoms with Gasteiger partial charge in [0.2, 0.25) is 0 Å². The maximum atomic E-state index is 9.29. The number of aliphatic hydroxyl groups excluding tert-OH is 1. The molecule has 0 saturated carbocycles. The van der Waals surface area contributed by atoms with Crippen LogP contribution < -0.4 is 4.74 Å². The molecule has 3 rings (SSSR count). The van der Waals surface area contributed by atoms with Gasteiger partial charge in [-0.1, -0.05) is 42.0 Å². The zero-order valence-corrected chi connectivity index (χ0v) is 16.8. The third-order valence-electron chi connectivity index (χ3n) is 4.36. The minimum atomic E-state index is -0.599. The van der Waals surface area contributed by atoms with Crippen LogP contribution in [0.3, 0.4) is 0 Å². The fraction of sp³-hybridized carbons (Fsp3) is 0.364. The number of hydrogen-bond acceptors (Lipinski definition) is 5. The Bertz CT molecular complexity index is 900. The summed E-state index contributed by atoms with van der Waals surface area (Å²) in [6.07, 6.45) is 0. The van der Waals surface area contributed by atoms with Crippen LogP contribution in [0.25, 0.3) is 11.4 Å². The number of ether oxygens (including phenoxy) is 2. The number of aryl methyl sites for hydroxylation is 2. The summed E-state index contributed by atoms with van der Waals surface area (Å²) < 4.78 is 13.3. The first kappa shape index (κ1) is 20.0. The molecular formula is C22H27N3O3. The standard InChI is InChI=1S/C22H27N3O3/c1-16-5-9-18(10-6-16)21-23-20(25(4)24-21)14-27-13-17-7-11-19(12-8-17)28-22(2,3)15-26/h5-12,26H,13-15H2,1-4H3. The van der Waals surface area contributed by atoms with E-state index in [0.717, 1.165) is 22.7 Å². The van der Waals surface area contributed by atoms with Gasteiger partial charge in [0.1, 0.15) is 18.0 Å². The highest BCUT2D eigenvalue weighted by atomic mass is 16.5. The van der Waals surface area contributed by atoms with Crippen LogP contribution in [-0.4, -0.2) is 32.1 Å². The van der Waals surface area contributed by atoms with Crippen molar-refractivity contribution in [2.75, 3.05) is 6.61 Å². The van der Waals surface area contributed by atoms with Gasteiger partial charge in [0.25, 0.3) is 0 Å². The number of hydrogen-bond donors (Lipinski definition) is 1. The van der Waals surface area contributed by atoms with Gasteiger partial charge in [-0.2, -0.15) is 5.10 Å². The maximum absolute atomic E-state index is 9.29. The zero-order chi connectivity index (χ0) is 20.1. The van der Waals surface area contributed by atoms with Crippen molar-refractivity contribution >= 4 is 0 Å². The average Bonchev–Trinajstić information content (AvgIpc) is 3.04. The average molecular weight is 381 g/mol. The second-order valence-corrected chi connectivity index (χ2v) is 7.50. The molecule has 0 aliphatic carbocycles. The third-order valence-corrected chi connectivity index (χ3v) is 4.36. The van der Waals surface area contributed by atoms with E-state index in [1.54, 1.807) is 4.68 Å². The quantitative estimate of drug-likeness (QED) is 0.645. The van der Waals surface area contributed by atoms with E-state index in [4.69, 9.17) is 9.47 Å². The van der Waals surface area contributed by atoms with Crippen LogP contribution in [0.1, 0.15) is 30.8 Å². The minimum absolute atomic E-state index is 0.0415. The van der Waals surface area contributed by atoms with Crippen LogP contribution in [0.5, 0.6) is 5.75 Å². The molecule has 0 bridgehead atoms. The highest BCUT2D eigenvalue weighted by Crippen LogP contribution is 2.20. The van der Waals surface area contributed by atoms with E-state index in [1.165, 1.54) is 5.56 Å². The highest BCUT2D eigenvalue weighted by Gasteiger charge is 2.18.